The average Bonchev–Trinajstić information content (AvgIpc) is 3.65. The predicted molar refractivity (Wildman–Crippen MR) is 161 cm³/mol. The fraction of sp³-hybridized carbons (Fsp3) is 0.412. The van der Waals surface area contributed by atoms with Gasteiger partial charge in [0.25, 0.3) is 0 Å². The SMILES string of the molecule is C=CC1CN2CCC1C[C@H]2C(OCCCn1cc(COc2cc3c(cc2C)C(=O)OC3)nn1)c1ccnc2ccccc12. The Morgan fingerprint density at radius 3 is 3.00 bits per heavy atom. The van der Waals surface area contributed by atoms with Crippen LogP contribution in [0.15, 0.2) is 67.5 Å². The van der Waals surface area contributed by atoms with Crippen molar-refractivity contribution in [2.75, 3.05) is 19.7 Å². The molecule has 3 saturated heterocycles. The third kappa shape index (κ3) is 5.55. The number of benzene rings is 2. The number of carbonyl (C=O) groups excluding carboxylic acids is 1. The summed E-state index contributed by atoms with van der Waals surface area (Å²) in [7, 11) is 0. The molecule has 43 heavy (non-hydrogen) atoms. The Bertz CT molecular complexity index is 1650. The molecule has 4 aromatic rings. The fourth-order valence-electron chi connectivity index (χ4n) is 6.98. The lowest BCUT2D eigenvalue weighted by atomic mass is 9.73. The minimum atomic E-state index is -0.276. The molecule has 4 aliphatic heterocycles. The Labute approximate surface area is 251 Å². The second-order valence-corrected chi connectivity index (χ2v) is 11.9. The third-order valence-corrected chi connectivity index (χ3v) is 9.26. The lowest BCUT2D eigenvalue weighted by Crippen LogP contribution is -2.55. The van der Waals surface area contributed by atoms with Gasteiger partial charge in [-0.2, -0.15) is 0 Å². The van der Waals surface area contributed by atoms with Gasteiger partial charge in [0.15, 0.2) is 0 Å². The molecular formula is C34H37N5O4. The maximum absolute atomic E-state index is 11.8. The molecule has 222 valence electrons. The Hall–Kier alpha value is -4.08. The topological polar surface area (TPSA) is 91.6 Å². The Morgan fingerprint density at radius 2 is 2.14 bits per heavy atom. The van der Waals surface area contributed by atoms with Gasteiger partial charge in [0.1, 0.15) is 24.7 Å². The Balaban J connectivity index is 0.992. The van der Waals surface area contributed by atoms with Crippen molar-refractivity contribution in [1.29, 1.82) is 0 Å². The third-order valence-electron chi connectivity index (χ3n) is 9.26. The van der Waals surface area contributed by atoms with Crippen LogP contribution in [-0.2, 0) is 29.2 Å². The van der Waals surface area contributed by atoms with Crippen LogP contribution in [0.25, 0.3) is 10.9 Å². The zero-order valence-electron chi connectivity index (χ0n) is 24.5. The van der Waals surface area contributed by atoms with Crippen LogP contribution in [0.1, 0.15) is 58.1 Å². The molecule has 9 nitrogen and oxygen atoms in total. The highest BCUT2D eigenvalue weighted by Gasteiger charge is 2.43. The molecule has 4 aliphatic rings. The molecular weight excluding hydrogens is 542 g/mol. The van der Waals surface area contributed by atoms with E-state index >= 15 is 0 Å². The van der Waals surface area contributed by atoms with E-state index in [1.54, 1.807) is 0 Å². The number of hydrogen-bond acceptors (Lipinski definition) is 8. The van der Waals surface area contributed by atoms with Crippen LogP contribution in [-0.4, -0.2) is 56.6 Å². The first-order valence-electron chi connectivity index (χ1n) is 15.2. The van der Waals surface area contributed by atoms with E-state index in [0.717, 1.165) is 59.4 Å². The van der Waals surface area contributed by atoms with Crippen molar-refractivity contribution in [3.8, 4) is 5.75 Å². The van der Waals surface area contributed by atoms with Crippen LogP contribution in [0.3, 0.4) is 0 Å². The first-order chi connectivity index (χ1) is 21.1. The number of pyridine rings is 1. The molecule has 0 aliphatic carbocycles. The van der Waals surface area contributed by atoms with E-state index in [4.69, 9.17) is 14.2 Å². The van der Waals surface area contributed by atoms with E-state index in [0.29, 0.717) is 43.2 Å². The zero-order chi connectivity index (χ0) is 29.3. The number of hydrogen-bond donors (Lipinski definition) is 0. The van der Waals surface area contributed by atoms with Crippen molar-refractivity contribution in [2.45, 2.75) is 58.1 Å². The maximum Gasteiger partial charge on any atom is 0.338 e. The van der Waals surface area contributed by atoms with Crippen molar-refractivity contribution in [2.24, 2.45) is 11.8 Å². The minimum Gasteiger partial charge on any atom is -0.487 e. The molecule has 6 heterocycles. The molecule has 2 aromatic carbocycles. The molecule has 9 heteroatoms. The van der Waals surface area contributed by atoms with Gasteiger partial charge in [-0.3, -0.25) is 14.6 Å². The number of ether oxygens (including phenoxy) is 3. The number of fused-ring (bicyclic) bond motifs is 5. The summed E-state index contributed by atoms with van der Waals surface area (Å²) < 4.78 is 19.8. The van der Waals surface area contributed by atoms with E-state index in [1.807, 2.05) is 42.2 Å². The molecule has 0 N–H and O–H groups in total. The first-order valence-corrected chi connectivity index (χ1v) is 15.2. The van der Waals surface area contributed by atoms with Crippen LogP contribution >= 0.6 is 0 Å². The Morgan fingerprint density at radius 1 is 1.23 bits per heavy atom. The number of aromatic nitrogens is 4. The molecule has 8 rings (SSSR count). The molecule has 0 spiro atoms. The highest BCUT2D eigenvalue weighted by atomic mass is 16.5. The second kappa shape index (κ2) is 11.9. The smallest absolute Gasteiger partial charge is 0.338 e. The normalized spacial score (nSPS) is 23.2. The highest BCUT2D eigenvalue weighted by Crippen LogP contribution is 2.43. The largest absolute Gasteiger partial charge is 0.487 e. The van der Waals surface area contributed by atoms with E-state index in [9.17, 15) is 4.79 Å². The second-order valence-electron chi connectivity index (χ2n) is 11.9. The average molecular weight is 580 g/mol. The highest BCUT2D eigenvalue weighted by molar-refractivity contribution is 5.93. The summed E-state index contributed by atoms with van der Waals surface area (Å²) >= 11 is 0. The molecule has 0 saturated carbocycles. The standard InChI is InChI=1S/C34H37N5O4/c1-3-23-18-38-13-10-24(23)16-31(38)33(28-9-11-35-30-8-5-4-7-27(28)30)41-14-6-12-39-19-26(36-37-39)21-42-32-17-25-20-43-34(40)29(25)15-22(32)2/h3-5,7-9,11,15,17,19,23-24,31,33H,1,6,10,12-14,16,18,20-21H2,2H3/t23?,24?,31-,33?/m0/s1. The summed E-state index contributed by atoms with van der Waals surface area (Å²) in [5.41, 5.74) is 5.33. The summed E-state index contributed by atoms with van der Waals surface area (Å²) in [6.45, 7) is 10.1. The van der Waals surface area contributed by atoms with E-state index < -0.39 is 0 Å². The quantitative estimate of drug-likeness (QED) is 0.132. The molecule has 3 fully saturated rings. The molecule has 2 bridgehead atoms. The number of cyclic esters (lactones) is 1. The molecule has 5 atom stereocenters. The lowest BCUT2D eigenvalue weighted by molar-refractivity contribution is -0.0757. The zero-order valence-corrected chi connectivity index (χ0v) is 24.5. The van der Waals surface area contributed by atoms with Crippen LogP contribution in [0.4, 0.5) is 0 Å². The van der Waals surface area contributed by atoms with E-state index in [-0.39, 0.29) is 18.7 Å². The summed E-state index contributed by atoms with van der Waals surface area (Å²) in [5, 5.41) is 9.78. The number of esters is 1. The number of rotatable bonds is 11. The van der Waals surface area contributed by atoms with Gasteiger partial charge in [-0.15, -0.1) is 11.7 Å². The van der Waals surface area contributed by atoms with Crippen LogP contribution in [0.5, 0.6) is 5.75 Å². The van der Waals surface area contributed by atoms with Gasteiger partial charge in [-0.1, -0.05) is 29.5 Å². The van der Waals surface area contributed by atoms with Crippen molar-refractivity contribution in [3.05, 3.63) is 95.5 Å². The first kappa shape index (κ1) is 27.7. The van der Waals surface area contributed by atoms with Gasteiger partial charge >= 0.3 is 5.97 Å². The van der Waals surface area contributed by atoms with Gasteiger partial charge in [-0.05, 0) is 80.0 Å². The summed E-state index contributed by atoms with van der Waals surface area (Å²) in [6, 6.07) is 14.5. The van der Waals surface area contributed by atoms with Crippen molar-refractivity contribution in [3.63, 3.8) is 0 Å². The lowest BCUT2D eigenvalue weighted by Gasteiger charge is -2.51. The van der Waals surface area contributed by atoms with Gasteiger partial charge in [0, 0.05) is 42.9 Å². The van der Waals surface area contributed by atoms with E-state index in [1.165, 1.54) is 12.0 Å². The number of carbonyl (C=O) groups is 1. The number of nitrogens with zero attached hydrogens (tertiary/aromatic N) is 5. The summed E-state index contributed by atoms with van der Waals surface area (Å²) in [5.74, 6) is 1.68. The summed E-state index contributed by atoms with van der Waals surface area (Å²) in [6.07, 6.45) is 9.11. The van der Waals surface area contributed by atoms with Crippen LogP contribution in [0.2, 0.25) is 0 Å². The predicted octanol–water partition coefficient (Wildman–Crippen LogP) is 5.43. The molecule has 0 radical (unpaired) electrons. The monoisotopic (exact) mass is 579 g/mol. The molecule has 0 amide bonds. The van der Waals surface area contributed by atoms with Gasteiger partial charge in [-0.25, -0.2) is 4.79 Å². The van der Waals surface area contributed by atoms with Crippen molar-refractivity contribution < 1.29 is 19.0 Å². The van der Waals surface area contributed by atoms with Crippen molar-refractivity contribution >= 4 is 16.9 Å². The van der Waals surface area contributed by atoms with Crippen molar-refractivity contribution in [1.82, 2.24) is 24.9 Å². The number of para-hydroxylation sites is 1. The van der Waals surface area contributed by atoms with Gasteiger partial charge < -0.3 is 14.2 Å². The minimum absolute atomic E-state index is 0.0302. The molecule has 4 unspecified atom stereocenters. The van der Waals surface area contributed by atoms with Gasteiger partial charge in [0.2, 0.25) is 0 Å². The summed E-state index contributed by atoms with van der Waals surface area (Å²) in [4.78, 5) is 19.0. The van der Waals surface area contributed by atoms with Gasteiger partial charge in [0.05, 0.1) is 23.4 Å². The van der Waals surface area contributed by atoms with Crippen LogP contribution in [0, 0.1) is 18.8 Å². The van der Waals surface area contributed by atoms with E-state index in [2.05, 4.69) is 57.1 Å². The number of piperidine rings is 3. The van der Waals surface area contributed by atoms with Crippen LogP contribution < -0.4 is 4.74 Å². The fourth-order valence-corrected chi connectivity index (χ4v) is 6.98. The Kier molecular flexibility index (Phi) is 7.67. The number of aryl methyl sites for hydroxylation is 2. The maximum atomic E-state index is 11.8. The molecule has 2 aromatic heterocycles.